The van der Waals surface area contributed by atoms with Gasteiger partial charge < -0.3 is 10.6 Å². The molecule has 2 aromatic rings. The molecule has 2 rings (SSSR count). The van der Waals surface area contributed by atoms with Crippen LogP contribution in [0.2, 0.25) is 0 Å². The third-order valence-corrected chi connectivity index (χ3v) is 4.08. The number of hydrogen-bond donors (Lipinski definition) is 1. The van der Waals surface area contributed by atoms with E-state index in [9.17, 15) is 0 Å². The molecule has 2 N–H and O–H groups in total. The normalized spacial score (nSPS) is 12.7. The molecule has 0 spiro atoms. The van der Waals surface area contributed by atoms with Gasteiger partial charge in [0, 0.05) is 44.3 Å². The number of nitrogens with zero attached hydrogens (tertiary/aromatic N) is 3. The number of likely N-dealkylation sites (N-methyl/N-ethyl adjacent to an activating group) is 1. The van der Waals surface area contributed by atoms with Gasteiger partial charge >= 0.3 is 0 Å². The molecule has 1 aromatic heterocycles. The Labute approximate surface area is 124 Å². The first-order chi connectivity index (χ1) is 9.61. The van der Waals surface area contributed by atoms with Gasteiger partial charge in [-0.1, -0.05) is 12.1 Å². The van der Waals surface area contributed by atoms with Gasteiger partial charge in [0.25, 0.3) is 0 Å². The van der Waals surface area contributed by atoms with Gasteiger partial charge in [0.2, 0.25) is 0 Å². The van der Waals surface area contributed by atoms with Gasteiger partial charge in [-0.15, -0.1) is 11.3 Å². The largest absolute Gasteiger partial charge is 0.378 e. The SMILES string of the molecule is CN(C)c1ccc(C(CN)N(C)Cc2cscn2)cc1. The van der Waals surface area contributed by atoms with E-state index in [1.807, 2.05) is 19.6 Å². The minimum atomic E-state index is 0.216. The lowest BCUT2D eigenvalue weighted by Crippen LogP contribution is -2.30. The van der Waals surface area contributed by atoms with E-state index in [2.05, 4.69) is 51.5 Å². The van der Waals surface area contributed by atoms with Gasteiger partial charge in [0.05, 0.1) is 11.2 Å². The van der Waals surface area contributed by atoms with Crippen LogP contribution in [0.3, 0.4) is 0 Å². The zero-order valence-electron chi connectivity index (χ0n) is 12.3. The summed E-state index contributed by atoms with van der Waals surface area (Å²) in [5, 5.41) is 2.08. The summed E-state index contributed by atoms with van der Waals surface area (Å²) >= 11 is 1.63. The van der Waals surface area contributed by atoms with Crippen LogP contribution in [-0.2, 0) is 6.54 Å². The highest BCUT2D eigenvalue weighted by molar-refractivity contribution is 7.07. The number of nitrogens with two attached hydrogens (primary N) is 1. The van der Waals surface area contributed by atoms with Crippen LogP contribution in [0.25, 0.3) is 0 Å². The Morgan fingerprint density at radius 2 is 1.90 bits per heavy atom. The average Bonchev–Trinajstić information content (AvgIpc) is 2.93. The topological polar surface area (TPSA) is 45.4 Å². The molecule has 0 aliphatic heterocycles. The van der Waals surface area contributed by atoms with Crippen LogP contribution >= 0.6 is 11.3 Å². The van der Waals surface area contributed by atoms with Crippen molar-refractivity contribution >= 4 is 17.0 Å². The average molecular weight is 290 g/mol. The summed E-state index contributed by atoms with van der Waals surface area (Å²) < 4.78 is 0. The lowest BCUT2D eigenvalue weighted by Gasteiger charge is -2.27. The number of benzene rings is 1. The molecule has 0 bridgehead atoms. The quantitative estimate of drug-likeness (QED) is 0.887. The highest BCUT2D eigenvalue weighted by Gasteiger charge is 2.16. The third-order valence-electron chi connectivity index (χ3n) is 3.44. The molecule has 0 radical (unpaired) electrons. The van der Waals surface area contributed by atoms with E-state index in [0.29, 0.717) is 6.54 Å². The zero-order valence-corrected chi connectivity index (χ0v) is 13.1. The van der Waals surface area contributed by atoms with Crippen LogP contribution in [-0.4, -0.2) is 37.6 Å². The Balaban J connectivity index is 2.10. The monoisotopic (exact) mass is 290 g/mol. The van der Waals surface area contributed by atoms with Crippen molar-refractivity contribution in [2.45, 2.75) is 12.6 Å². The van der Waals surface area contributed by atoms with Gasteiger partial charge in [-0.2, -0.15) is 0 Å². The zero-order chi connectivity index (χ0) is 14.5. The standard InChI is InChI=1S/C15H22N4S/c1-18(2)14-6-4-12(5-7-14)15(8-16)19(3)9-13-10-20-11-17-13/h4-7,10-11,15H,8-9,16H2,1-3H3. The molecule has 1 heterocycles. The van der Waals surface area contributed by atoms with Crippen molar-refractivity contribution in [2.24, 2.45) is 5.73 Å². The number of rotatable bonds is 6. The second kappa shape index (κ2) is 6.83. The van der Waals surface area contributed by atoms with Crippen molar-refractivity contribution in [2.75, 3.05) is 32.6 Å². The molecule has 108 valence electrons. The van der Waals surface area contributed by atoms with E-state index in [0.717, 1.165) is 12.2 Å². The lowest BCUT2D eigenvalue weighted by molar-refractivity contribution is 0.239. The molecule has 1 aromatic carbocycles. The van der Waals surface area contributed by atoms with Crippen molar-refractivity contribution in [3.05, 3.63) is 46.4 Å². The molecular weight excluding hydrogens is 268 g/mol. The van der Waals surface area contributed by atoms with Crippen molar-refractivity contribution in [1.29, 1.82) is 0 Å². The summed E-state index contributed by atoms with van der Waals surface area (Å²) in [6.45, 7) is 1.42. The minimum absolute atomic E-state index is 0.216. The number of anilines is 1. The van der Waals surface area contributed by atoms with Crippen LogP contribution in [0.15, 0.2) is 35.2 Å². The Morgan fingerprint density at radius 3 is 2.40 bits per heavy atom. The van der Waals surface area contributed by atoms with E-state index in [1.54, 1.807) is 11.3 Å². The smallest absolute Gasteiger partial charge is 0.0795 e. The Morgan fingerprint density at radius 1 is 1.20 bits per heavy atom. The van der Waals surface area contributed by atoms with Gasteiger partial charge in [0.15, 0.2) is 0 Å². The first-order valence-electron chi connectivity index (χ1n) is 6.66. The summed E-state index contributed by atoms with van der Waals surface area (Å²) in [5.41, 5.74) is 11.4. The summed E-state index contributed by atoms with van der Waals surface area (Å²) in [4.78, 5) is 8.68. The molecule has 0 aliphatic rings. The molecular formula is C15H22N4S. The fourth-order valence-corrected chi connectivity index (χ4v) is 2.80. The predicted molar refractivity (Wildman–Crippen MR) is 86.1 cm³/mol. The van der Waals surface area contributed by atoms with Gasteiger partial charge in [-0.25, -0.2) is 4.98 Å². The Kier molecular flexibility index (Phi) is 5.11. The molecule has 5 heteroatoms. The molecule has 4 nitrogen and oxygen atoms in total. The van der Waals surface area contributed by atoms with Crippen molar-refractivity contribution in [1.82, 2.24) is 9.88 Å². The molecule has 0 saturated heterocycles. The maximum Gasteiger partial charge on any atom is 0.0795 e. The minimum Gasteiger partial charge on any atom is -0.378 e. The summed E-state index contributed by atoms with van der Waals surface area (Å²) in [5.74, 6) is 0. The van der Waals surface area contributed by atoms with E-state index in [4.69, 9.17) is 5.73 Å². The van der Waals surface area contributed by atoms with Crippen molar-refractivity contribution in [3.63, 3.8) is 0 Å². The second-order valence-corrected chi connectivity index (χ2v) is 5.85. The number of aromatic nitrogens is 1. The number of thiazole rings is 1. The highest BCUT2D eigenvalue weighted by Crippen LogP contribution is 2.22. The summed E-state index contributed by atoms with van der Waals surface area (Å²) in [6, 6.07) is 8.80. The molecule has 0 amide bonds. The fourth-order valence-electron chi connectivity index (χ4n) is 2.25. The van der Waals surface area contributed by atoms with Gasteiger partial charge in [-0.3, -0.25) is 4.90 Å². The molecule has 0 saturated carbocycles. The lowest BCUT2D eigenvalue weighted by atomic mass is 10.0. The Bertz CT molecular complexity index is 507. The van der Waals surface area contributed by atoms with E-state index in [1.165, 1.54) is 11.3 Å². The maximum absolute atomic E-state index is 5.96. The highest BCUT2D eigenvalue weighted by atomic mass is 32.1. The first-order valence-corrected chi connectivity index (χ1v) is 7.60. The Hall–Kier alpha value is -1.43. The maximum atomic E-state index is 5.96. The van der Waals surface area contributed by atoms with Crippen molar-refractivity contribution < 1.29 is 0 Å². The predicted octanol–water partition coefficient (Wildman–Crippen LogP) is 2.34. The van der Waals surface area contributed by atoms with Crippen LogP contribution < -0.4 is 10.6 Å². The molecule has 0 aliphatic carbocycles. The fraction of sp³-hybridized carbons (Fsp3) is 0.400. The first kappa shape index (κ1) is 15.0. The molecule has 1 atom stereocenters. The van der Waals surface area contributed by atoms with E-state index >= 15 is 0 Å². The summed E-state index contributed by atoms with van der Waals surface area (Å²) in [6.07, 6.45) is 0. The van der Waals surface area contributed by atoms with E-state index in [-0.39, 0.29) is 6.04 Å². The van der Waals surface area contributed by atoms with Crippen LogP contribution in [0.5, 0.6) is 0 Å². The van der Waals surface area contributed by atoms with Gasteiger partial charge in [0.1, 0.15) is 0 Å². The number of hydrogen-bond acceptors (Lipinski definition) is 5. The van der Waals surface area contributed by atoms with Crippen LogP contribution in [0.1, 0.15) is 17.3 Å². The second-order valence-electron chi connectivity index (χ2n) is 5.13. The molecule has 0 fully saturated rings. The van der Waals surface area contributed by atoms with Gasteiger partial charge in [-0.05, 0) is 24.7 Å². The molecule has 1 unspecified atom stereocenters. The third kappa shape index (κ3) is 3.56. The van der Waals surface area contributed by atoms with E-state index < -0.39 is 0 Å². The van der Waals surface area contributed by atoms with Crippen LogP contribution in [0.4, 0.5) is 5.69 Å². The van der Waals surface area contributed by atoms with Crippen molar-refractivity contribution in [3.8, 4) is 0 Å². The molecule has 20 heavy (non-hydrogen) atoms. The summed E-state index contributed by atoms with van der Waals surface area (Å²) in [7, 11) is 6.18. The van der Waals surface area contributed by atoms with Crippen LogP contribution in [0, 0.1) is 0 Å².